The second-order valence-electron chi connectivity index (χ2n) is 6.52. The molecule has 2 rings (SSSR count). The molecule has 1 aliphatic rings. The van der Waals surface area contributed by atoms with Crippen LogP contribution in [0.1, 0.15) is 50.7 Å². The first-order chi connectivity index (χ1) is 9.54. The summed E-state index contributed by atoms with van der Waals surface area (Å²) < 4.78 is 0. The summed E-state index contributed by atoms with van der Waals surface area (Å²) in [6.45, 7) is 8.94. The van der Waals surface area contributed by atoms with E-state index < -0.39 is 0 Å². The van der Waals surface area contributed by atoms with Crippen molar-refractivity contribution in [2.75, 3.05) is 19.6 Å². The Bertz CT molecular complexity index is 427. The molecule has 0 bridgehead atoms. The van der Waals surface area contributed by atoms with Gasteiger partial charge in [0.25, 0.3) is 0 Å². The molecule has 1 saturated heterocycles. The number of carbonyl (C=O) groups is 1. The topological polar surface area (TPSA) is 20.3 Å². The Morgan fingerprint density at radius 3 is 2.30 bits per heavy atom. The summed E-state index contributed by atoms with van der Waals surface area (Å²) >= 11 is 0. The van der Waals surface area contributed by atoms with Gasteiger partial charge in [-0.25, -0.2) is 0 Å². The van der Waals surface area contributed by atoms with Gasteiger partial charge in [0.15, 0.2) is 0 Å². The van der Waals surface area contributed by atoms with Gasteiger partial charge in [-0.05, 0) is 62.2 Å². The lowest BCUT2D eigenvalue weighted by Crippen LogP contribution is -2.37. The van der Waals surface area contributed by atoms with Crippen LogP contribution < -0.4 is 0 Å². The number of carbonyl (C=O) groups excluding carboxylic acids is 1. The smallest absolute Gasteiger partial charge is 0.143 e. The third-order valence-corrected chi connectivity index (χ3v) is 4.32. The van der Waals surface area contributed by atoms with Gasteiger partial charge in [-0.1, -0.05) is 38.1 Å². The molecule has 2 heteroatoms. The van der Waals surface area contributed by atoms with Gasteiger partial charge >= 0.3 is 0 Å². The minimum absolute atomic E-state index is 0.285. The van der Waals surface area contributed by atoms with Gasteiger partial charge in [-0.15, -0.1) is 0 Å². The van der Waals surface area contributed by atoms with Crippen molar-refractivity contribution < 1.29 is 4.79 Å². The van der Waals surface area contributed by atoms with Crippen molar-refractivity contribution in [2.24, 2.45) is 5.92 Å². The highest BCUT2D eigenvalue weighted by Crippen LogP contribution is 2.23. The van der Waals surface area contributed by atoms with Gasteiger partial charge < -0.3 is 0 Å². The molecule has 0 spiro atoms. The van der Waals surface area contributed by atoms with E-state index in [2.05, 4.69) is 43.0 Å². The fraction of sp³-hybridized carbons (Fsp3) is 0.611. The average molecular weight is 273 g/mol. The van der Waals surface area contributed by atoms with Crippen molar-refractivity contribution in [3.63, 3.8) is 0 Å². The lowest BCUT2D eigenvalue weighted by atomic mass is 9.89. The third kappa shape index (κ3) is 4.45. The Morgan fingerprint density at radius 1 is 1.20 bits per heavy atom. The fourth-order valence-corrected chi connectivity index (χ4v) is 3.04. The average Bonchev–Trinajstić information content (AvgIpc) is 2.41. The minimum Gasteiger partial charge on any atom is -0.299 e. The van der Waals surface area contributed by atoms with E-state index in [9.17, 15) is 4.79 Å². The van der Waals surface area contributed by atoms with Crippen molar-refractivity contribution in [1.29, 1.82) is 0 Å². The summed E-state index contributed by atoms with van der Waals surface area (Å²) in [4.78, 5) is 13.4. The van der Waals surface area contributed by atoms with Crippen molar-refractivity contribution >= 4 is 5.78 Å². The minimum atomic E-state index is 0.285. The van der Waals surface area contributed by atoms with Crippen LogP contribution in [0, 0.1) is 5.92 Å². The molecule has 1 fully saturated rings. The first kappa shape index (κ1) is 15.2. The van der Waals surface area contributed by atoms with E-state index in [0.29, 0.717) is 12.5 Å². The molecule has 0 atom stereocenters. The van der Waals surface area contributed by atoms with Gasteiger partial charge in [0.1, 0.15) is 5.78 Å². The number of nitrogens with zero attached hydrogens (tertiary/aromatic N) is 1. The van der Waals surface area contributed by atoms with Crippen molar-refractivity contribution in [1.82, 2.24) is 4.90 Å². The summed E-state index contributed by atoms with van der Waals surface area (Å²) in [6.07, 6.45) is 3.63. The van der Waals surface area contributed by atoms with Crippen LogP contribution in [0.25, 0.3) is 0 Å². The summed E-state index contributed by atoms with van der Waals surface area (Å²) in [5, 5.41) is 0. The van der Waals surface area contributed by atoms with E-state index >= 15 is 0 Å². The van der Waals surface area contributed by atoms with E-state index in [-0.39, 0.29) is 5.78 Å². The van der Waals surface area contributed by atoms with Gasteiger partial charge in [-0.3, -0.25) is 9.69 Å². The van der Waals surface area contributed by atoms with Crippen molar-refractivity contribution in [3.8, 4) is 0 Å². The monoisotopic (exact) mass is 273 g/mol. The van der Waals surface area contributed by atoms with Crippen molar-refractivity contribution in [2.45, 2.75) is 46.0 Å². The second kappa shape index (κ2) is 7.03. The van der Waals surface area contributed by atoms with E-state index in [1.165, 1.54) is 30.4 Å². The molecule has 110 valence electrons. The molecule has 2 nitrogen and oxygen atoms in total. The standard InChI is InChI=1S/C18H27NO/c1-14(2)18-6-4-16(5-7-18)12-17-8-10-19(11-9-17)13-15(3)20/h4-7,14,17H,8-13H2,1-3H3. The molecule has 0 aromatic heterocycles. The lowest BCUT2D eigenvalue weighted by Gasteiger charge is -2.31. The Balaban J connectivity index is 1.81. The Hall–Kier alpha value is -1.15. The first-order valence-corrected chi connectivity index (χ1v) is 7.85. The zero-order valence-electron chi connectivity index (χ0n) is 13.1. The first-order valence-electron chi connectivity index (χ1n) is 7.85. The number of Topliss-reactive ketones (excluding diaryl/α,β-unsaturated/α-hetero) is 1. The van der Waals surface area contributed by atoms with Gasteiger partial charge in [0.05, 0.1) is 6.54 Å². The van der Waals surface area contributed by atoms with E-state index in [1.807, 2.05) is 0 Å². The molecule has 20 heavy (non-hydrogen) atoms. The maximum absolute atomic E-state index is 11.1. The molecule has 1 heterocycles. The number of piperidine rings is 1. The highest BCUT2D eigenvalue weighted by Gasteiger charge is 2.20. The van der Waals surface area contributed by atoms with E-state index in [4.69, 9.17) is 0 Å². The predicted octanol–water partition coefficient (Wildman–Crippen LogP) is 3.65. The molecule has 0 aliphatic carbocycles. The number of benzene rings is 1. The van der Waals surface area contributed by atoms with Crippen LogP contribution in [0.5, 0.6) is 0 Å². The summed E-state index contributed by atoms with van der Waals surface area (Å²) in [5.41, 5.74) is 2.88. The van der Waals surface area contributed by atoms with Crippen LogP contribution in [0.2, 0.25) is 0 Å². The molecular weight excluding hydrogens is 246 g/mol. The van der Waals surface area contributed by atoms with Gasteiger partial charge in [-0.2, -0.15) is 0 Å². The Kier molecular flexibility index (Phi) is 5.36. The van der Waals surface area contributed by atoms with E-state index in [0.717, 1.165) is 19.0 Å². The molecular formula is C18H27NO. The largest absolute Gasteiger partial charge is 0.299 e. The molecule has 0 radical (unpaired) electrons. The van der Waals surface area contributed by atoms with Crippen LogP contribution in [0.3, 0.4) is 0 Å². The van der Waals surface area contributed by atoms with Crippen LogP contribution in [-0.4, -0.2) is 30.3 Å². The zero-order valence-corrected chi connectivity index (χ0v) is 13.1. The normalized spacial score (nSPS) is 17.6. The van der Waals surface area contributed by atoms with Crippen LogP contribution >= 0.6 is 0 Å². The van der Waals surface area contributed by atoms with Gasteiger partial charge in [0.2, 0.25) is 0 Å². The maximum atomic E-state index is 11.1. The van der Waals surface area contributed by atoms with Crippen LogP contribution in [-0.2, 0) is 11.2 Å². The second-order valence-corrected chi connectivity index (χ2v) is 6.52. The van der Waals surface area contributed by atoms with Crippen LogP contribution in [0.15, 0.2) is 24.3 Å². The summed E-state index contributed by atoms with van der Waals surface area (Å²) in [7, 11) is 0. The van der Waals surface area contributed by atoms with Crippen molar-refractivity contribution in [3.05, 3.63) is 35.4 Å². The number of hydrogen-bond acceptors (Lipinski definition) is 2. The highest BCUT2D eigenvalue weighted by molar-refractivity contribution is 5.77. The van der Waals surface area contributed by atoms with Crippen LogP contribution in [0.4, 0.5) is 0 Å². The number of likely N-dealkylation sites (tertiary alicyclic amines) is 1. The molecule has 0 unspecified atom stereocenters. The quantitative estimate of drug-likeness (QED) is 0.816. The number of ketones is 1. The zero-order chi connectivity index (χ0) is 14.5. The third-order valence-electron chi connectivity index (χ3n) is 4.32. The fourth-order valence-electron chi connectivity index (χ4n) is 3.04. The molecule has 0 N–H and O–H groups in total. The van der Waals surface area contributed by atoms with Gasteiger partial charge in [0, 0.05) is 0 Å². The molecule has 0 saturated carbocycles. The molecule has 1 aromatic rings. The number of hydrogen-bond donors (Lipinski definition) is 0. The highest BCUT2D eigenvalue weighted by atomic mass is 16.1. The predicted molar refractivity (Wildman–Crippen MR) is 84.1 cm³/mol. The summed E-state index contributed by atoms with van der Waals surface area (Å²) in [6, 6.07) is 9.12. The summed E-state index contributed by atoms with van der Waals surface area (Å²) in [5.74, 6) is 1.68. The molecule has 1 aromatic carbocycles. The molecule has 1 aliphatic heterocycles. The maximum Gasteiger partial charge on any atom is 0.143 e. The Morgan fingerprint density at radius 2 is 1.80 bits per heavy atom. The number of rotatable bonds is 5. The van der Waals surface area contributed by atoms with E-state index in [1.54, 1.807) is 6.92 Å². The lowest BCUT2D eigenvalue weighted by molar-refractivity contribution is -0.118. The SMILES string of the molecule is CC(=O)CN1CCC(Cc2ccc(C(C)C)cc2)CC1. The Labute approximate surface area is 123 Å². The molecule has 0 amide bonds.